The number of pyridine rings is 1. The first kappa shape index (κ1) is 18.8. The van der Waals surface area contributed by atoms with Crippen molar-refractivity contribution in [2.75, 3.05) is 18.0 Å². The molecule has 0 saturated carbocycles. The van der Waals surface area contributed by atoms with E-state index in [4.69, 9.17) is 0 Å². The molecule has 1 aromatic heterocycles. The van der Waals surface area contributed by atoms with Gasteiger partial charge in [-0.15, -0.1) is 0 Å². The Morgan fingerprint density at radius 3 is 2.50 bits per heavy atom. The Hall–Kier alpha value is -2.02. The van der Waals surface area contributed by atoms with Crippen LogP contribution in [0.1, 0.15) is 57.9 Å². The molecule has 0 spiro atoms. The number of hydrogen-bond acceptors (Lipinski definition) is 5. The molecule has 0 aliphatic carbocycles. The van der Waals surface area contributed by atoms with Crippen molar-refractivity contribution in [2.24, 2.45) is 0 Å². The minimum absolute atomic E-state index is 0.0694. The number of amides is 2. The normalized spacial score (nSPS) is 22.5. The first-order chi connectivity index (χ1) is 12.2. The summed E-state index contributed by atoms with van der Waals surface area (Å²) in [6.07, 6.45) is 4.11. The summed E-state index contributed by atoms with van der Waals surface area (Å²) in [4.78, 5) is 29.5. The van der Waals surface area contributed by atoms with E-state index in [-0.39, 0.29) is 23.8 Å². The van der Waals surface area contributed by atoms with Gasteiger partial charge in [0.2, 0.25) is 11.8 Å². The van der Waals surface area contributed by atoms with Crippen LogP contribution in [0.15, 0.2) is 12.3 Å². The van der Waals surface area contributed by atoms with Crippen LogP contribution >= 0.6 is 0 Å². The number of anilines is 1. The highest BCUT2D eigenvalue weighted by molar-refractivity contribution is 6.00. The highest BCUT2D eigenvalue weighted by Gasteiger charge is 2.30. The third-order valence-electron chi connectivity index (χ3n) is 4.92. The lowest BCUT2D eigenvalue weighted by Crippen LogP contribution is -2.49. The molecule has 6 nitrogen and oxygen atoms in total. The Morgan fingerprint density at radius 1 is 1.23 bits per heavy atom. The van der Waals surface area contributed by atoms with Crippen LogP contribution in [0.2, 0.25) is 0 Å². The summed E-state index contributed by atoms with van der Waals surface area (Å²) in [5.74, 6) is -1.22. The van der Waals surface area contributed by atoms with Crippen molar-refractivity contribution in [2.45, 2.75) is 64.0 Å². The van der Waals surface area contributed by atoms with Crippen LogP contribution in [-0.2, 0) is 9.59 Å². The van der Waals surface area contributed by atoms with Crippen molar-refractivity contribution in [3.63, 3.8) is 0 Å². The van der Waals surface area contributed by atoms with Crippen molar-refractivity contribution in [1.29, 1.82) is 0 Å². The SMILES string of the molecule is CC(C)(C)NC1CCN(c2ncc(C3CCC(=O)NC3=O)cc2F)CC1. The molecule has 3 rings (SSSR count). The number of carbonyl (C=O) groups is 2. The molecule has 0 bridgehead atoms. The molecule has 142 valence electrons. The number of halogens is 1. The summed E-state index contributed by atoms with van der Waals surface area (Å²) in [7, 11) is 0. The number of piperidine rings is 2. The van der Waals surface area contributed by atoms with Gasteiger partial charge in [-0.2, -0.15) is 0 Å². The van der Waals surface area contributed by atoms with Crippen LogP contribution in [0.3, 0.4) is 0 Å². The summed E-state index contributed by atoms with van der Waals surface area (Å²) >= 11 is 0. The van der Waals surface area contributed by atoms with Crippen LogP contribution in [-0.4, -0.2) is 41.5 Å². The maximum absolute atomic E-state index is 14.6. The molecule has 3 heterocycles. The molecule has 2 amide bonds. The Labute approximate surface area is 153 Å². The molecule has 1 aromatic rings. The number of nitrogens with zero attached hydrogens (tertiary/aromatic N) is 2. The van der Waals surface area contributed by atoms with Crippen LogP contribution in [0.5, 0.6) is 0 Å². The average molecular weight is 362 g/mol. The molecule has 2 fully saturated rings. The van der Waals surface area contributed by atoms with Crippen LogP contribution in [0, 0.1) is 5.82 Å². The first-order valence-electron chi connectivity index (χ1n) is 9.25. The lowest BCUT2D eigenvalue weighted by atomic mass is 9.91. The fraction of sp³-hybridized carbons (Fsp3) is 0.632. The Bertz CT molecular complexity index is 693. The van der Waals surface area contributed by atoms with Gasteiger partial charge in [0.05, 0.1) is 5.92 Å². The zero-order valence-electron chi connectivity index (χ0n) is 15.6. The highest BCUT2D eigenvalue weighted by atomic mass is 19.1. The van der Waals surface area contributed by atoms with Gasteiger partial charge in [-0.05, 0) is 51.7 Å². The van der Waals surface area contributed by atoms with E-state index in [2.05, 4.69) is 36.4 Å². The highest BCUT2D eigenvalue weighted by Crippen LogP contribution is 2.28. The number of hydrogen-bond donors (Lipinski definition) is 2. The molecule has 2 saturated heterocycles. The number of rotatable bonds is 3. The van der Waals surface area contributed by atoms with Gasteiger partial charge in [0, 0.05) is 37.3 Å². The fourth-order valence-electron chi connectivity index (χ4n) is 3.73. The van der Waals surface area contributed by atoms with E-state index in [1.54, 1.807) is 6.20 Å². The Balaban J connectivity index is 1.65. The second-order valence-corrected chi connectivity index (χ2v) is 8.23. The predicted molar refractivity (Wildman–Crippen MR) is 97.4 cm³/mol. The maximum atomic E-state index is 14.6. The predicted octanol–water partition coefficient (Wildman–Crippen LogP) is 2.10. The monoisotopic (exact) mass is 362 g/mol. The number of nitrogens with one attached hydrogen (secondary N) is 2. The van der Waals surface area contributed by atoms with Gasteiger partial charge < -0.3 is 10.2 Å². The third-order valence-corrected chi connectivity index (χ3v) is 4.92. The maximum Gasteiger partial charge on any atom is 0.234 e. The third kappa shape index (κ3) is 4.38. The zero-order valence-corrected chi connectivity index (χ0v) is 15.6. The molecular weight excluding hydrogens is 335 g/mol. The zero-order chi connectivity index (χ0) is 18.9. The van der Waals surface area contributed by atoms with Crippen LogP contribution < -0.4 is 15.5 Å². The molecule has 0 aromatic carbocycles. The lowest BCUT2D eigenvalue weighted by molar-refractivity contribution is -0.134. The average Bonchev–Trinajstić information content (AvgIpc) is 2.54. The summed E-state index contributed by atoms with van der Waals surface area (Å²) < 4.78 is 14.6. The van der Waals surface area contributed by atoms with Crippen molar-refractivity contribution >= 4 is 17.6 Å². The Morgan fingerprint density at radius 2 is 1.92 bits per heavy atom. The van der Waals surface area contributed by atoms with E-state index in [1.807, 2.05) is 4.90 Å². The number of imide groups is 1. The molecule has 26 heavy (non-hydrogen) atoms. The molecular formula is C19H27FN4O2. The van der Waals surface area contributed by atoms with Gasteiger partial charge in [-0.25, -0.2) is 9.37 Å². The number of carbonyl (C=O) groups excluding carboxylic acids is 2. The second kappa shape index (κ2) is 7.31. The topological polar surface area (TPSA) is 74.3 Å². The molecule has 2 N–H and O–H groups in total. The standard InChI is InChI=1S/C19H27FN4O2/c1-19(2,3)23-13-6-8-24(9-7-13)17-15(20)10-12(11-21-17)14-4-5-16(25)22-18(14)26/h10-11,13-14,23H,4-9H2,1-3H3,(H,22,25,26). The Kier molecular flexibility index (Phi) is 5.27. The molecule has 2 aliphatic rings. The van der Waals surface area contributed by atoms with E-state index in [0.29, 0.717) is 23.8 Å². The molecule has 7 heteroatoms. The van der Waals surface area contributed by atoms with Crippen molar-refractivity contribution < 1.29 is 14.0 Å². The van der Waals surface area contributed by atoms with Crippen molar-refractivity contribution in [3.05, 3.63) is 23.6 Å². The van der Waals surface area contributed by atoms with E-state index < -0.39 is 11.7 Å². The van der Waals surface area contributed by atoms with Crippen LogP contribution in [0.25, 0.3) is 0 Å². The van der Waals surface area contributed by atoms with Gasteiger partial charge >= 0.3 is 0 Å². The van der Waals surface area contributed by atoms with Crippen LogP contribution in [0.4, 0.5) is 10.2 Å². The van der Waals surface area contributed by atoms with Gasteiger partial charge in [0.15, 0.2) is 11.6 Å². The van der Waals surface area contributed by atoms with E-state index in [9.17, 15) is 14.0 Å². The second-order valence-electron chi connectivity index (χ2n) is 8.23. The smallest absolute Gasteiger partial charge is 0.234 e. The lowest BCUT2D eigenvalue weighted by Gasteiger charge is -2.37. The summed E-state index contributed by atoms with van der Waals surface area (Å²) in [6, 6.07) is 1.82. The van der Waals surface area contributed by atoms with E-state index >= 15 is 0 Å². The molecule has 1 atom stereocenters. The summed E-state index contributed by atoms with van der Waals surface area (Å²) in [5.41, 5.74) is 0.598. The van der Waals surface area contributed by atoms with E-state index in [0.717, 1.165) is 25.9 Å². The van der Waals surface area contributed by atoms with E-state index in [1.165, 1.54) is 6.07 Å². The minimum Gasteiger partial charge on any atom is -0.354 e. The van der Waals surface area contributed by atoms with Crippen molar-refractivity contribution in [1.82, 2.24) is 15.6 Å². The van der Waals surface area contributed by atoms with Crippen molar-refractivity contribution in [3.8, 4) is 0 Å². The van der Waals surface area contributed by atoms with Gasteiger partial charge in [0.1, 0.15) is 0 Å². The van der Waals surface area contributed by atoms with Gasteiger partial charge in [0.25, 0.3) is 0 Å². The summed E-state index contributed by atoms with van der Waals surface area (Å²) in [5, 5.41) is 5.90. The van der Waals surface area contributed by atoms with Gasteiger partial charge in [-0.1, -0.05) is 0 Å². The molecule has 2 aliphatic heterocycles. The molecule has 0 radical (unpaired) electrons. The minimum atomic E-state index is -0.509. The summed E-state index contributed by atoms with van der Waals surface area (Å²) in [6.45, 7) is 7.93. The first-order valence-corrected chi connectivity index (χ1v) is 9.25. The molecule has 1 unspecified atom stereocenters. The quantitative estimate of drug-likeness (QED) is 0.806. The largest absolute Gasteiger partial charge is 0.354 e. The fourth-order valence-corrected chi connectivity index (χ4v) is 3.73. The number of aromatic nitrogens is 1. The van der Waals surface area contributed by atoms with Gasteiger partial charge in [-0.3, -0.25) is 14.9 Å².